The van der Waals surface area contributed by atoms with E-state index in [1.54, 1.807) is 6.07 Å². The maximum Gasteiger partial charge on any atom is 0.417 e. The van der Waals surface area contributed by atoms with Gasteiger partial charge in [0, 0.05) is 22.7 Å². The highest BCUT2D eigenvalue weighted by Crippen LogP contribution is 2.36. The molecular formula is C15H20BrF3N2. The Kier molecular flexibility index (Phi) is 5.54. The van der Waals surface area contributed by atoms with Crippen LogP contribution in [0.2, 0.25) is 0 Å². The Labute approximate surface area is 131 Å². The van der Waals surface area contributed by atoms with E-state index < -0.39 is 11.7 Å². The summed E-state index contributed by atoms with van der Waals surface area (Å²) in [6, 6.07) is 4.81. The second kappa shape index (κ2) is 7.01. The molecule has 0 aromatic heterocycles. The van der Waals surface area contributed by atoms with E-state index in [2.05, 4.69) is 33.2 Å². The van der Waals surface area contributed by atoms with Crippen LogP contribution in [0.1, 0.15) is 31.2 Å². The Bertz CT molecular complexity index is 476. The van der Waals surface area contributed by atoms with Crippen molar-refractivity contribution in [1.29, 1.82) is 0 Å². The van der Waals surface area contributed by atoms with Crippen molar-refractivity contribution in [3.05, 3.63) is 28.2 Å². The molecule has 1 unspecified atom stereocenters. The van der Waals surface area contributed by atoms with Gasteiger partial charge in [-0.3, -0.25) is 0 Å². The van der Waals surface area contributed by atoms with Crippen molar-refractivity contribution in [2.75, 3.05) is 25.5 Å². The summed E-state index contributed by atoms with van der Waals surface area (Å²) < 4.78 is 38.6. The maximum atomic E-state index is 12.8. The topological polar surface area (TPSA) is 15.3 Å². The van der Waals surface area contributed by atoms with Crippen LogP contribution in [0.25, 0.3) is 0 Å². The summed E-state index contributed by atoms with van der Waals surface area (Å²) in [6.07, 6.45) is 0.272. The number of hydrogen-bond donors (Lipinski definition) is 1. The van der Waals surface area contributed by atoms with Crippen molar-refractivity contribution in [3.8, 4) is 0 Å². The Balaban J connectivity index is 1.91. The molecule has 1 aliphatic heterocycles. The van der Waals surface area contributed by atoms with Crippen LogP contribution in [0, 0.1) is 0 Å². The lowest BCUT2D eigenvalue weighted by Crippen LogP contribution is -2.37. The average molecular weight is 365 g/mol. The van der Waals surface area contributed by atoms with Gasteiger partial charge < -0.3 is 10.2 Å². The van der Waals surface area contributed by atoms with Crippen LogP contribution < -0.4 is 5.32 Å². The molecule has 0 aliphatic carbocycles. The molecule has 0 radical (unpaired) electrons. The van der Waals surface area contributed by atoms with Crippen molar-refractivity contribution >= 4 is 21.6 Å². The molecule has 1 heterocycles. The molecule has 118 valence electrons. The van der Waals surface area contributed by atoms with Gasteiger partial charge in [0.25, 0.3) is 0 Å². The number of nitrogens with one attached hydrogen (secondary N) is 1. The van der Waals surface area contributed by atoms with Gasteiger partial charge in [0.15, 0.2) is 0 Å². The van der Waals surface area contributed by atoms with E-state index in [0.29, 0.717) is 18.3 Å². The minimum absolute atomic E-state index is 0.0764. The van der Waals surface area contributed by atoms with Crippen LogP contribution in [0.15, 0.2) is 22.7 Å². The summed E-state index contributed by atoms with van der Waals surface area (Å²) >= 11 is 2.95. The van der Waals surface area contributed by atoms with Crippen molar-refractivity contribution in [2.45, 2.75) is 37.9 Å². The molecule has 1 N–H and O–H groups in total. The first-order valence-electron chi connectivity index (χ1n) is 7.19. The third kappa shape index (κ3) is 4.61. The van der Waals surface area contributed by atoms with Crippen LogP contribution in [-0.4, -0.2) is 31.1 Å². The van der Waals surface area contributed by atoms with Gasteiger partial charge in [-0.15, -0.1) is 0 Å². The molecule has 0 bridgehead atoms. The highest BCUT2D eigenvalue weighted by Gasteiger charge is 2.33. The fourth-order valence-electron chi connectivity index (χ4n) is 2.74. The second-order valence-corrected chi connectivity index (χ2v) is 6.39. The molecule has 6 heteroatoms. The van der Waals surface area contributed by atoms with Crippen LogP contribution in [0.5, 0.6) is 0 Å². The molecule has 0 saturated carbocycles. The molecule has 2 rings (SSSR count). The first-order valence-corrected chi connectivity index (χ1v) is 7.98. The first kappa shape index (κ1) is 16.6. The number of nitrogens with zero attached hydrogens (tertiary/aromatic N) is 1. The van der Waals surface area contributed by atoms with Crippen LogP contribution in [0.3, 0.4) is 0 Å². The largest absolute Gasteiger partial charge is 0.417 e. The van der Waals surface area contributed by atoms with E-state index in [9.17, 15) is 13.2 Å². The number of rotatable bonds is 4. The van der Waals surface area contributed by atoms with Gasteiger partial charge in [0.1, 0.15) is 0 Å². The Morgan fingerprint density at radius 3 is 2.76 bits per heavy atom. The third-order valence-corrected chi connectivity index (χ3v) is 4.69. The van der Waals surface area contributed by atoms with Crippen molar-refractivity contribution in [1.82, 2.24) is 4.90 Å². The van der Waals surface area contributed by atoms with Gasteiger partial charge in [-0.1, -0.05) is 22.4 Å². The van der Waals surface area contributed by atoms with E-state index in [0.717, 1.165) is 19.0 Å². The lowest BCUT2D eigenvalue weighted by atomic mass is 10.0. The van der Waals surface area contributed by atoms with Crippen LogP contribution in [0.4, 0.5) is 18.9 Å². The molecule has 1 aromatic carbocycles. The number of halogens is 4. The zero-order chi connectivity index (χ0) is 15.5. The lowest BCUT2D eigenvalue weighted by molar-refractivity contribution is -0.138. The average Bonchev–Trinajstić information content (AvgIpc) is 2.41. The number of hydrogen-bond acceptors (Lipinski definition) is 2. The van der Waals surface area contributed by atoms with E-state index in [4.69, 9.17) is 0 Å². The number of alkyl halides is 3. The van der Waals surface area contributed by atoms with Gasteiger partial charge in [-0.05, 0) is 51.1 Å². The maximum absolute atomic E-state index is 12.8. The number of anilines is 1. The molecule has 1 aromatic rings. The van der Waals surface area contributed by atoms with Gasteiger partial charge in [0.2, 0.25) is 0 Å². The smallest absolute Gasteiger partial charge is 0.385 e. The lowest BCUT2D eigenvalue weighted by Gasteiger charge is -2.32. The zero-order valence-electron chi connectivity index (χ0n) is 12.0. The molecule has 0 amide bonds. The minimum Gasteiger partial charge on any atom is -0.385 e. The van der Waals surface area contributed by atoms with Gasteiger partial charge in [0.05, 0.1) is 5.56 Å². The number of likely N-dealkylation sites (tertiary alicyclic amines) is 1. The fraction of sp³-hybridized carbons (Fsp3) is 0.600. The molecule has 1 aliphatic rings. The second-order valence-electron chi connectivity index (χ2n) is 5.54. The summed E-state index contributed by atoms with van der Waals surface area (Å²) in [5.41, 5.74) is -0.119. The molecule has 1 fully saturated rings. The van der Waals surface area contributed by atoms with E-state index >= 15 is 0 Å². The van der Waals surface area contributed by atoms with Crippen molar-refractivity contribution < 1.29 is 13.2 Å². The number of piperidine rings is 1. The predicted octanol–water partition coefficient (Wildman–Crippen LogP) is 4.75. The Morgan fingerprint density at radius 1 is 1.33 bits per heavy atom. The summed E-state index contributed by atoms with van der Waals surface area (Å²) in [7, 11) is 2.12. The quantitative estimate of drug-likeness (QED) is 0.828. The van der Waals surface area contributed by atoms with E-state index in [1.165, 1.54) is 25.3 Å². The standard InChI is InChI=1S/C15H20BrF3N2/c1-21-9-3-2-4-12(21)7-8-20-11-5-6-14(16)13(10-11)15(17,18)19/h5-6,10,12,20H,2-4,7-9H2,1H3. The molecule has 1 atom stereocenters. The van der Waals surface area contributed by atoms with Gasteiger partial charge >= 0.3 is 6.18 Å². The van der Waals surface area contributed by atoms with Gasteiger partial charge in [-0.2, -0.15) is 13.2 Å². The zero-order valence-corrected chi connectivity index (χ0v) is 13.6. The Morgan fingerprint density at radius 2 is 2.10 bits per heavy atom. The van der Waals surface area contributed by atoms with Crippen LogP contribution in [-0.2, 0) is 6.18 Å². The predicted molar refractivity (Wildman–Crippen MR) is 82.5 cm³/mol. The van der Waals surface area contributed by atoms with Crippen LogP contribution >= 0.6 is 15.9 Å². The first-order chi connectivity index (χ1) is 9.88. The summed E-state index contributed by atoms with van der Waals surface area (Å²) in [4.78, 5) is 2.34. The molecule has 2 nitrogen and oxygen atoms in total. The van der Waals surface area contributed by atoms with E-state index in [-0.39, 0.29) is 4.47 Å². The summed E-state index contributed by atoms with van der Waals surface area (Å²) in [5, 5.41) is 3.10. The van der Waals surface area contributed by atoms with E-state index in [1.807, 2.05) is 0 Å². The van der Waals surface area contributed by atoms with Gasteiger partial charge in [-0.25, -0.2) is 0 Å². The minimum atomic E-state index is -4.33. The number of benzene rings is 1. The van der Waals surface area contributed by atoms with Crippen molar-refractivity contribution in [3.63, 3.8) is 0 Å². The summed E-state index contributed by atoms with van der Waals surface area (Å²) in [6.45, 7) is 1.80. The normalized spacial score (nSPS) is 20.5. The monoisotopic (exact) mass is 364 g/mol. The molecule has 1 saturated heterocycles. The Hall–Kier alpha value is -0.750. The SMILES string of the molecule is CN1CCCCC1CCNc1ccc(Br)c(C(F)(F)F)c1. The van der Waals surface area contributed by atoms with Crippen molar-refractivity contribution in [2.24, 2.45) is 0 Å². The molecular weight excluding hydrogens is 345 g/mol. The highest BCUT2D eigenvalue weighted by molar-refractivity contribution is 9.10. The highest BCUT2D eigenvalue weighted by atomic mass is 79.9. The third-order valence-electron chi connectivity index (χ3n) is 4.00. The molecule has 0 spiro atoms. The molecule has 21 heavy (non-hydrogen) atoms. The fourth-order valence-corrected chi connectivity index (χ4v) is 3.22. The summed E-state index contributed by atoms with van der Waals surface area (Å²) in [5.74, 6) is 0.